The Bertz CT molecular complexity index is 1370. The number of fused-ring (bicyclic) bond motifs is 1. The van der Waals surface area contributed by atoms with Gasteiger partial charge in [0.2, 0.25) is 11.9 Å². The second-order valence-corrected chi connectivity index (χ2v) is 12.1. The molecule has 3 aromatic rings. The minimum Gasteiger partial charge on any atom is -0.393 e. The van der Waals surface area contributed by atoms with Crippen LogP contribution in [0.25, 0.3) is 11.2 Å². The Labute approximate surface area is 239 Å². The van der Waals surface area contributed by atoms with Gasteiger partial charge in [-0.1, -0.05) is 0 Å². The van der Waals surface area contributed by atoms with Crippen LogP contribution in [0.5, 0.6) is 0 Å². The summed E-state index contributed by atoms with van der Waals surface area (Å²) in [5.41, 5.74) is 1.42. The molecule has 0 unspecified atom stereocenters. The van der Waals surface area contributed by atoms with E-state index in [2.05, 4.69) is 22.2 Å². The third-order valence-electron chi connectivity index (χ3n) is 9.17. The second kappa shape index (κ2) is 12.0. The molecule has 2 aromatic heterocycles. The van der Waals surface area contributed by atoms with Gasteiger partial charge in [-0.25, -0.2) is 23.7 Å². The zero-order valence-electron chi connectivity index (χ0n) is 23.6. The summed E-state index contributed by atoms with van der Waals surface area (Å²) in [6, 6.07) is 3.45. The maximum absolute atomic E-state index is 14.5. The lowest BCUT2D eigenvalue weighted by Gasteiger charge is -2.36. The van der Waals surface area contributed by atoms with Crippen LogP contribution in [0.1, 0.15) is 63.2 Å². The third-order valence-corrected chi connectivity index (χ3v) is 9.17. The summed E-state index contributed by atoms with van der Waals surface area (Å²) in [6.07, 6.45) is 8.71. The van der Waals surface area contributed by atoms with Crippen molar-refractivity contribution in [2.24, 2.45) is 11.8 Å². The number of piperazine rings is 1. The highest BCUT2D eigenvalue weighted by Gasteiger charge is 2.31. The SMILES string of the molecule is CN1CCN(C(=O)C2CCC(Cc3ncc4nc(Nc5ccc(F)cc5F)n(C5CCC(O)CC5)c4n3)CC2)CC1. The summed E-state index contributed by atoms with van der Waals surface area (Å²) in [5, 5.41) is 13.1. The molecule has 9 nitrogen and oxygen atoms in total. The number of carbonyl (C=O) groups is 1. The summed E-state index contributed by atoms with van der Waals surface area (Å²) in [4.78, 5) is 31.6. The monoisotopic (exact) mass is 567 g/mol. The van der Waals surface area contributed by atoms with Crippen LogP contribution in [0, 0.1) is 23.5 Å². The molecule has 220 valence electrons. The normalized spacial score (nSPS) is 25.9. The number of amides is 1. The molecule has 2 aliphatic carbocycles. The number of aliphatic hydroxyl groups is 1. The van der Waals surface area contributed by atoms with E-state index >= 15 is 0 Å². The Morgan fingerprint density at radius 2 is 1.73 bits per heavy atom. The highest BCUT2D eigenvalue weighted by molar-refractivity contribution is 5.79. The first-order valence-corrected chi connectivity index (χ1v) is 15.0. The number of benzene rings is 1. The van der Waals surface area contributed by atoms with Gasteiger partial charge in [0.25, 0.3) is 0 Å². The van der Waals surface area contributed by atoms with Gasteiger partial charge in [-0.15, -0.1) is 0 Å². The molecular weight excluding hydrogens is 528 g/mol. The van der Waals surface area contributed by atoms with Crippen molar-refractivity contribution in [2.45, 2.75) is 69.9 Å². The summed E-state index contributed by atoms with van der Waals surface area (Å²) in [5.74, 6) is 0.669. The van der Waals surface area contributed by atoms with E-state index in [0.717, 1.165) is 83.0 Å². The minimum absolute atomic E-state index is 0.0354. The summed E-state index contributed by atoms with van der Waals surface area (Å²) < 4.78 is 30.0. The van der Waals surface area contributed by atoms with Gasteiger partial charge in [0.05, 0.1) is 18.0 Å². The molecule has 0 spiro atoms. The number of anilines is 2. The number of hydrogen-bond donors (Lipinski definition) is 2. The molecule has 0 atom stereocenters. The first-order valence-electron chi connectivity index (χ1n) is 15.0. The number of aromatic nitrogens is 4. The van der Waals surface area contributed by atoms with Gasteiger partial charge in [-0.2, -0.15) is 0 Å². The summed E-state index contributed by atoms with van der Waals surface area (Å²) in [6.45, 7) is 3.52. The highest BCUT2D eigenvalue weighted by atomic mass is 19.1. The highest BCUT2D eigenvalue weighted by Crippen LogP contribution is 2.36. The molecule has 0 bridgehead atoms. The van der Waals surface area contributed by atoms with Crippen LogP contribution in [0.3, 0.4) is 0 Å². The third kappa shape index (κ3) is 6.21. The van der Waals surface area contributed by atoms with E-state index < -0.39 is 11.6 Å². The van der Waals surface area contributed by atoms with Gasteiger partial charge in [-0.05, 0) is 76.5 Å². The molecule has 0 radical (unpaired) electrons. The predicted molar refractivity (Wildman–Crippen MR) is 152 cm³/mol. The van der Waals surface area contributed by atoms with E-state index in [1.54, 1.807) is 6.20 Å². The van der Waals surface area contributed by atoms with Crippen molar-refractivity contribution in [3.8, 4) is 0 Å². The standard InChI is InChI=1S/C30H39F2N7O2/c1-37-12-14-38(15-13-37)29(41)20-4-2-19(3-5-20)16-27-33-18-26-28(36-27)39(22-7-9-23(40)10-8-22)30(35-26)34-25-11-6-21(31)17-24(25)32/h6,11,17-20,22-23,40H,2-5,7-10,12-16H2,1H3,(H,34,35). The van der Waals surface area contributed by atoms with Crippen LogP contribution in [0.2, 0.25) is 0 Å². The van der Waals surface area contributed by atoms with Crippen molar-refractivity contribution < 1.29 is 18.7 Å². The topological polar surface area (TPSA) is 99.4 Å². The molecule has 1 amide bonds. The quantitative estimate of drug-likeness (QED) is 0.454. The van der Waals surface area contributed by atoms with Gasteiger partial charge in [0, 0.05) is 50.6 Å². The average molecular weight is 568 g/mol. The van der Waals surface area contributed by atoms with E-state index in [0.29, 0.717) is 41.8 Å². The number of halogens is 2. The molecule has 1 aromatic carbocycles. The van der Waals surface area contributed by atoms with Gasteiger partial charge in [0.1, 0.15) is 23.0 Å². The first-order chi connectivity index (χ1) is 19.8. The van der Waals surface area contributed by atoms with Crippen LogP contribution >= 0.6 is 0 Å². The van der Waals surface area contributed by atoms with Gasteiger partial charge in [0.15, 0.2) is 5.65 Å². The number of carbonyl (C=O) groups excluding carboxylic acids is 1. The van der Waals surface area contributed by atoms with Gasteiger partial charge >= 0.3 is 0 Å². The number of nitrogens with zero attached hydrogens (tertiary/aromatic N) is 6. The van der Waals surface area contributed by atoms with Crippen molar-refractivity contribution in [2.75, 3.05) is 38.5 Å². The van der Waals surface area contributed by atoms with Crippen LogP contribution < -0.4 is 5.32 Å². The average Bonchev–Trinajstić information content (AvgIpc) is 3.32. The number of imidazole rings is 1. The summed E-state index contributed by atoms with van der Waals surface area (Å²) in [7, 11) is 2.10. The zero-order chi connectivity index (χ0) is 28.5. The molecule has 6 rings (SSSR count). The van der Waals surface area contributed by atoms with Crippen molar-refractivity contribution in [1.29, 1.82) is 0 Å². The molecule has 1 saturated heterocycles. The molecule has 3 aliphatic rings. The summed E-state index contributed by atoms with van der Waals surface area (Å²) >= 11 is 0. The van der Waals surface area contributed by atoms with Crippen molar-refractivity contribution in [1.82, 2.24) is 29.3 Å². The van der Waals surface area contributed by atoms with Crippen molar-refractivity contribution >= 4 is 28.7 Å². The zero-order valence-corrected chi connectivity index (χ0v) is 23.6. The van der Waals surface area contributed by atoms with Crippen LogP contribution in [0.15, 0.2) is 24.4 Å². The Balaban J connectivity index is 1.18. The maximum atomic E-state index is 14.5. The molecule has 41 heavy (non-hydrogen) atoms. The largest absolute Gasteiger partial charge is 0.393 e. The van der Waals surface area contributed by atoms with Crippen LogP contribution in [0.4, 0.5) is 20.4 Å². The number of hydrogen-bond acceptors (Lipinski definition) is 7. The predicted octanol–water partition coefficient (Wildman–Crippen LogP) is 4.45. The van der Waals surface area contributed by atoms with E-state index in [-0.39, 0.29) is 23.8 Å². The fraction of sp³-hybridized carbons (Fsp3) is 0.600. The van der Waals surface area contributed by atoms with E-state index in [1.807, 2.05) is 9.47 Å². The maximum Gasteiger partial charge on any atom is 0.225 e. The number of nitrogens with one attached hydrogen (secondary N) is 1. The van der Waals surface area contributed by atoms with Crippen LogP contribution in [-0.2, 0) is 11.2 Å². The number of aliphatic hydroxyl groups excluding tert-OH is 1. The molecular formula is C30H39F2N7O2. The van der Waals surface area contributed by atoms with Gasteiger partial charge in [-0.3, -0.25) is 9.36 Å². The first kappa shape index (κ1) is 28.0. The molecule has 2 N–H and O–H groups in total. The Hall–Kier alpha value is -3.18. The second-order valence-electron chi connectivity index (χ2n) is 12.1. The lowest BCUT2D eigenvalue weighted by atomic mass is 9.79. The molecule has 3 heterocycles. The molecule has 2 saturated carbocycles. The van der Waals surface area contributed by atoms with E-state index in [9.17, 15) is 18.7 Å². The Morgan fingerprint density at radius 1 is 1.00 bits per heavy atom. The van der Waals surface area contributed by atoms with Crippen LogP contribution in [-0.4, -0.2) is 79.7 Å². The Kier molecular flexibility index (Phi) is 8.16. The van der Waals surface area contributed by atoms with Crippen molar-refractivity contribution in [3.05, 3.63) is 41.9 Å². The van der Waals surface area contributed by atoms with E-state index in [4.69, 9.17) is 9.97 Å². The number of rotatable bonds is 6. The fourth-order valence-electron chi connectivity index (χ4n) is 6.64. The lowest BCUT2D eigenvalue weighted by molar-refractivity contribution is -0.138. The molecule has 3 fully saturated rings. The smallest absolute Gasteiger partial charge is 0.225 e. The van der Waals surface area contributed by atoms with Gasteiger partial charge < -0.3 is 20.2 Å². The molecule has 1 aliphatic heterocycles. The molecule has 11 heteroatoms. The van der Waals surface area contributed by atoms with E-state index in [1.165, 1.54) is 12.1 Å². The van der Waals surface area contributed by atoms with Crippen molar-refractivity contribution in [3.63, 3.8) is 0 Å². The fourth-order valence-corrected chi connectivity index (χ4v) is 6.64. The minimum atomic E-state index is -0.698. The Morgan fingerprint density at radius 3 is 2.44 bits per heavy atom. The lowest BCUT2D eigenvalue weighted by Crippen LogP contribution is -2.49. The number of likely N-dealkylation sites (N-methyl/N-ethyl adjacent to an activating group) is 1.